The molecule has 1 N–H and O–H groups in total. The smallest absolute Gasteiger partial charge is 0.133 e. The summed E-state index contributed by atoms with van der Waals surface area (Å²) in [4.78, 5) is 0. The lowest BCUT2D eigenvalue weighted by Crippen LogP contribution is -2.22. The Bertz CT molecular complexity index is 637. The van der Waals surface area contributed by atoms with Crippen LogP contribution in [0.1, 0.15) is 17.2 Å². The van der Waals surface area contributed by atoms with E-state index in [9.17, 15) is 17.6 Å². The molecule has 0 fully saturated rings. The summed E-state index contributed by atoms with van der Waals surface area (Å²) in [5.74, 6) is -3.57. The molecule has 6 heteroatoms. The molecule has 112 valence electrons. The summed E-state index contributed by atoms with van der Waals surface area (Å²) in [6.07, 6.45) is -0.0254. The second-order valence-corrected chi connectivity index (χ2v) is 5.00. The highest BCUT2D eigenvalue weighted by Gasteiger charge is 2.21. The van der Waals surface area contributed by atoms with E-state index < -0.39 is 29.3 Å². The zero-order chi connectivity index (χ0) is 15.6. The molecular weight excluding hydrogens is 306 g/mol. The van der Waals surface area contributed by atoms with Gasteiger partial charge in [-0.25, -0.2) is 17.6 Å². The van der Waals surface area contributed by atoms with Crippen molar-refractivity contribution in [1.29, 1.82) is 0 Å². The standard InChI is InChI=1S/C15H12ClF4N/c1-21-14(5-8-4-9(16)2-3-11(8)18)15-12(19)6-10(17)7-13(15)20/h2-4,6-7,14,21H,5H2,1H3. The first-order valence-electron chi connectivity index (χ1n) is 6.18. The van der Waals surface area contributed by atoms with Gasteiger partial charge in [0.25, 0.3) is 0 Å². The van der Waals surface area contributed by atoms with Crippen molar-refractivity contribution in [2.24, 2.45) is 0 Å². The molecule has 2 aromatic carbocycles. The van der Waals surface area contributed by atoms with E-state index in [0.717, 1.165) is 0 Å². The van der Waals surface area contributed by atoms with E-state index in [-0.39, 0.29) is 17.5 Å². The van der Waals surface area contributed by atoms with Crippen molar-refractivity contribution in [1.82, 2.24) is 5.32 Å². The Balaban J connectivity index is 2.39. The van der Waals surface area contributed by atoms with Crippen LogP contribution in [-0.4, -0.2) is 7.05 Å². The summed E-state index contributed by atoms with van der Waals surface area (Å²) in [6, 6.07) is 4.29. The Labute approximate surface area is 124 Å². The lowest BCUT2D eigenvalue weighted by atomic mass is 9.97. The Morgan fingerprint density at radius 3 is 2.19 bits per heavy atom. The quantitative estimate of drug-likeness (QED) is 0.824. The van der Waals surface area contributed by atoms with Gasteiger partial charge in [0.2, 0.25) is 0 Å². The first-order valence-corrected chi connectivity index (χ1v) is 6.55. The van der Waals surface area contributed by atoms with Gasteiger partial charge in [0.15, 0.2) is 0 Å². The Morgan fingerprint density at radius 1 is 1.00 bits per heavy atom. The largest absolute Gasteiger partial charge is 0.313 e. The fourth-order valence-corrected chi connectivity index (χ4v) is 2.35. The monoisotopic (exact) mass is 317 g/mol. The van der Waals surface area contributed by atoms with Gasteiger partial charge in [0.1, 0.15) is 23.3 Å². The maximum absolute atomic E-state index is 13.8. The predicted molar refractivity (Wildman–Crippen MR) is 73.2 cm³/mol. The highest BCUT2D eigenvalue weighted by molar-refractivity contribution is 6.30. The molecule has 0 heterocycles. The van der Waals surface area contributed by atoms with E-state index in [1.54, 1.807) is 0 Å². The van der Waals surface area contributed by atoms with Gasteiger partial charge in [0, 0.05) is 28.8 Å². The van der Waals surface area contributed by atoms with Gasteiger partial charge in [-0.1, -0.05) is 11.6 Å². The number of benzene rings is 2. The maximum atomic E-state index is 13.8. The van der Waals surface area contributed by atoms with Crippen LogP contribution in [0, 0.1) is 23.3 Å². The molecule has 0 aromatic heterocycles. The van der Waals surface area contributed by atoms with Gasteiger partial charge in [-0.15, -0.1) is 0 Å². The van der Waals surface area contributed by atoms with Gasteiger partial charge >= 0.3 is 0 Å². The highest BCUT2D eigenvalue weighted by Crippen LogP contribution is 2.27. The molecule has 21 heavy (non-hydrogen) atoms. The molecule has 2 rings (SSSR count). The summed E-state index contributed by atoms with van der Waals surface area (Å²) in [7, 11) is 1.48. The zero-order valence-electron chi connectivity index (χ0n) is 11.1. The second-order valence-electron chi connectivity index (χ2n) is 4.56. The summed E-state index contributed by atoms with van der Waals surface area (Å²) in [5, 5.41) is 3.02. The molecule has 0 aliphatic rings. The van der Waals surface area contributed by atoms with Crippen molar-refractivity contribution in [3.63, 3.8) is 0 Å². The fourth-order valence-electron chi connectivity index (χ4n) is 2.15. The summed E-state index contributed by atoms with van der Waals surface area (Å²) < 4.78 is 54.2. The van der Waals surface area contributed by atoms with Crippen LogP contribution in [-0.2, 0) is 6.42 Å². The molecule has 0 saturated carbocycles. The van der Waals surface area contributed by atoms with Gasteiger partial charge < -0.3 is 5.32 Å². The normalized spacial score (nSPS) is 12.5. The number of halogens is 5. The van der Waals surface area contributed by atoms with Crippen LogP contribution in [0.3, 0.4) is 0 Å². The number of hydrogen-bond donors (Lipinski definition) is 1. The molecule has 2 aromatic rings. The molecule has 1 nitrogen and oxygen atoms in total. The van der Waals surface area contributed by atoms with Crippen LogP contribution in [0.15, 0.2) is 30.3 Å². The molecule has 1 unspecified atom stereocenters. The van der Waals surface area contributed by atoms with Gasteiger partial charge in [-0.2, -0.15) is 0 Å². The molecule has 1 atom stereocenters. The fraction of sp³-hybridized carbons (Fsp3) is 0.200. The van der Waals surface area contributed by atoms with E-state index in [2.05, 4.69) is 5.32 Å². The topological polar surface area (TPSA) is 12.0 Å². The minimum atomic E-state index is -1.02. The number of hydrogen-bond acceptors (Lipinski definition) is 1. The van der Waals surface area contributed by atoms with Crippen LogP contribution >= 0.6 is 11.6 Å². The highest BCUT2D eigenvalue weighted by atomic mass is 35.5. The third-order valence-electron chi connectivity index (χ3n) is 3.17. The number of nitrogens with one attached hydrogen (secondary N) is 1. The predicted octanol–water partition coefficient (Wildman–Crippen LogP) is 4.40. The summed E-state index contributed by atoms with van der Waals surface area (Å²) >= 11 is 5.79. The van der Waals surface area contributed by atoms with Crippen LogP contribution < -0.4 is 5.32 Å². The van der Waals surface area contributed by atoms with Crippen molar-refractivity contribution < 1.29 is 17.6 Å². The van der Waals surface area contributed by atoms with E-state index in [1.807, 2.05) is 0 Å². The van der Waals surface area contributed by atoms with Crippen LogP contribution in [0.25, 0.3) is 0 Å². The Morgan fingerprint density at radius 2 is 1.62 bits per heavy atom. The van der Waals surface area contributed by atoms with E-state index in [1.165, 1.54) is 25.2 Å². The van der Waals surface area contributed by atoms with Crippen molar-refractivity contribution in [2.45, 2.75) is 12.5 Å². The molecule has 0 saturated heterocycles. The van der Waals surface area contributed by atoms with Crippen molar-refractivity contribution in [2.75, 3.05) is 7.05 Å². The Hall–Kier alpha value is -1.59. The molecule has 0 amide bonds. The van der Waals surface area contributed by atoms with Crippen molar-refractivity contribution in [3.05, 3.63) is 69.8 Å². The summed E-state index contributed by atoms with van der Waals surface area (Å²) in [6.45, 7) is 0. The minimum Gasteiger partial charge on any atom is -0.313 e. The molecule has 0 radical (unpaired) electrons. The van der Waals surface area contributed by atoms with Gasteiger partial charge in [0.05, 0.1) is 0 Å². The second kappa shape index (κ2) is 6.45. The van der Waals surface area contributed by atoms with Gasteiger partial charge in [-0.3, -0.25) is 0 Å². The molecule has 0 aliphatic carbocycles. The van der Waals surface area contributed by atoms with E-state index in [4.69, 9.17) is 11.6 Å². The molecule has 0 spiro atoms. The zero-order valence-corrected chi connectivity index (χ0v) is 11.8. The van der Waals surface area contributed by atoms with Gasteiger partial charge in [-0.05, 0) is 37.2 Å². The Kier molecular flexibility index (Phi) is 4.85. The van der Waals surface area contributed by atoms with Crippen molar-refractivity contribution >= 4 is 11.6 Å². The average molecular weight is 318 g/mol. The van der Waals surface area contributed by atoms with Crippen LogP contribution in [0.4, 0.5) is 17.6 Å². The number of likely N-dealkylation sites (N-methyl/N-ethyl adjacent to an activating group) is 1. The molecule has 0 bridgehead atoms. The lowest BCUT2D eigenvalue weighted by molar-refractivity contribution is 0.470. The molecular formula is C15H12ClF4N. The first kappa shape index (κ1) is 15.8. The lowest BCUT2D eigenvalue weighted by Gasteiger charge is -2.19. The SMILES string of the molecule is CNC(Cc1cc(Cl)ccc1F)c1c(F)cc(F)cc1F. The summed E-state index contributed by atoms with van der Waals surface area (Å²) in [5.41, 5.74) is -0.122. The van der Waals surface area contributed by atoms with Crippen LogP contribution in [0.2, 0.25) is 5.02 Å². The van der Waals surface area contributed by atoms with Crippen LogP contribution in [0.5, 0.6) is 0 Å². The first-order chi connectivity index (χ1) is 9.92. The average Bonchev–Trinajstić information content (AvgIpc) is 2.40. The van der Waals surface area contributed by atoms with E-state index in [0.29, 0.717) is 17.2 Å². The number of rotatable bonds is 4. The minimum absolute atomic E-state index is 0.0254. The van der Waals surface area contributed by atoms with Crippen molar-refractivity contribution in [3.8, 4) is 0 Å². The molecule has 0 aliphatic heterocycles. The van der Waals surface area contributed by atoms with E-state index >= 15 is 0 Å². The third-order valence-corrected chi connectivity index (χ3v) is 3.41. The third kappa shape index (κ3) is 3.54. The maximum Gasteiger partial charge on any atom is 0.133 e.